The molecule has 32 heavy (non-hydrogen) atoms. The Morgan fingerprint density at radius 2 is 2.06 bits per heavy atom. The number of fused-ring (bicyclic) bond motifs is 3. The van der Waals surface area contributed by atoms with E-state index in [2.05, 4.69) is 15.0 Å². The number of nitrogens with one attached hydrogen (secondary N) is 1. The average Bonchev–Trinajstić information content (AvgIpc) is 3.11. The zero-order valence-electron chi connectivity index (χ0n) is 18.4. The predicted octanol–water partition coefficient (Wildman–Crippen LogP) is 4.15. The Balaban J connectivity index is 1.53. The lowest BCUT2D eigenvalue weighted by atomic mass is 9.74. The van der Waals surface area contributed by atoms with E-state index in [0.29, 0.717) is 24.3 Å². The fourth-order valence-electron chi connectivity index (χ4n) is 4.80. The first-order chi connectivity index (χ1) is 15.3. The molecule has 0 radical (unpaired) electrons. The minimum absolute atomic E-state index is 0.0618. The smallest absolute Gasteiger partial charge is 0.337 e. The Morgan fingerprint density at radius 3 is 2.69 bits per heavy atom. The predicted molar refractivity (Wildman–Crippen MR) is 122 cm³/mol. The summed E-state index contributed by atoms with van der Waals surface area (Å²) >= 11 is 0. The van der Waals surface area contributed by atoms with E-state index < -0.39 is 5.97 Å². The van der Waals surface area contributed by atoms with Crippen LogP contribution in [0.1, 0.15) is 60.3 Å². The molecule has 1 saturated carbocycles. The van der Waals surface area contributed by atoms with Gasteiger partial charge in [0.1, 0.15) is 0 Å². The summed E-state index contributed by atoms with van der Waals surface area (Å²) in [6.07, 6.45) is 8.70. The largest absolute Gasteiger partial charge is 0.478 e. The van der Waals surface area contributed by atoms with Gasteiger partial charge in [-0.1, -0.05) is 0 Å². The number of ether oxygens (including phenoxy) is 1. The number of nitrogens with two attached hydrogens (primary N) is 1. The normalized spacial score (nSPS) is 16.2. The molecule has 0 aromatic carbocycles. The SMILES string of the molecule is CC(C)Oc1ccc(-c2cc3c(cn2)CCc2c-3[nH]c(CC3(N)CCC3)c2C(=O)O)cn1. The van der Waals surface area contributed by atoms with Crippen LogP contribution < -0.4 is 10.5 Å². The van der Waals surface area contributed by atoms with Gasteiger partial charge in [0.25, 0.3) is 0 Å². The van der Waals surface area contributed by atoms with Gasteiger partial charge in [0, 0.05) is 47.2 Å². The summed E-state index contributed by atoms with van der Waals surface area (Å²) in [5, 5.41) is 9.97. The monoisotopic (exact) mass is 432 g/mol. The van der Waals surface area contributed by atoms with Crippen molar-refractivity contribution in [3.63, 3.8) is 0 Å². The standard InChI is InChI=1S/C25H28N4O3/c1-14(2)32-21-7-5-16(13-28-21)19-10-18-15(12-27-19)4-6-17-22(24(30)31)20(29-23(17)18)11-25(26)8-3-9-25/h5,7,10,12-14,29H,3-4,6,8-9,11,26H2,1-2H3,(H,30,31). The van der Waals surface area contributed by atoms with Crippen LogP contribution in [0.15, 0.2) is 30.6 Å². The van der Waals surface area contributed by atoms with Gasteiger partial charge < -0.3 is 20.6 Å². The third-order valence-electron chi connectivity index (χ3n) is 6.56. The third-order valence-corrected chi connectivity index (χ3v) is 6.56. The molecule has 3 heterocycles. The molecule has 0 atom stereocenters. The average molecular weight is 433 g/mol. The zero-order chi connectivity index (χ0) is 22.5. The summed E-state index contributed by atoms with van der Waals surface area (Å²) in [5.41, 5.74) is 12.9. The van der Waals surface area contributed by atoms with Gasteiger partial charge in [0.15, 0.2) is 0 Å². The molecule has 5 rings (SSSR count). The van der Waals surface area contributed by atoms with Gasteiger partial charge >= 0.3 is 5.97 Å². The van der Waals surface area contributed by atoms with Crippen LogP contribution in [-0.4, -0.2) is 37.7 Å². The van der Waals surface area contributed by atoms with Crippen molar-refractivity contribution >= 4 is 5.97 Å². The number of aromatic carboxylic acids is 1. The van der Waals surface area contributed by atoms with E-state index in [9.17, 15) is 9.90 Å². The molecule has 3 aromatic rings. The molecule has 0 aliphatic heterocycles. The molecule has 0 saturated heterocycles. The number of hydrogen-bond acceptors (Lipinski definition) is 5. The highest BCUT2D eigenvalue weighted by Gasteiger charge is 2.36. The molecule has 7 nitrogen and oxygen atoms in total. The third kappa shape index (κ3) is 3.66. The van der Waals surface area contributed by atoms with E-state index in [1.54, 1.807) is 6.20 Å². The minimum atomic E-state index is -0.886. The maximum absolute atomic E-state index is 12.2. The summed E-state index contributed by atoms with van der Waals surface area (Å²) in [7, 11) is 0. The van der Waals surface area contributed by atoms with Crippen molar-refractivity contribution in [2.24, 2.45) is 5.73 Å². The van der Waals surface area contributed by atoms with Crippen LogP contribution >= 0.6 is 0 Å². The van der Waals surface area contributed by atoms with Crippen molar-refractivity contribution in [2.75, 3.05) is 0 Å². The Labute approximate surface area is 187 Å². The molecule has 0 amide bonds. The topological polar surface area (TPSA) is 114 Å². The number of aromatic nitrogens is 3. The Morgan fingerprint density at radius 1 is 1.25 bits per heavy atom. The van der Waals surface area contributed by atoms with Gasteiger partial charge in [-0.05, 0) is 69.2 Å². The van der Waals surface area contributed by atoms with Crippen molar-refractivity contribution in [2.45, 2.75) is 64.0 Å². The van der Waals surface area contributed by atoms with Crippen LogP contribution in [0.2, 0.25) is 0 Å². The number of nitrogens with zero attached hydrogens (tertiary/aromatic N) is 2. The molecule has 1 fully saturated rings. The maximum Gasteiger partial charge on any atom is 0.337 e. The van der Waals surface area contributed by atoms with Crippen LogP contribution in [-0.2, 0) is 19.3 Å². The van der Waals surface area contributed by atoms with E-state index in [1.165, 1.54) is 0 Å². The number of carboxylic acid groups (broad SMARTS) is 1. The number of aromatic amines is 1. The zero-order valence-corrected chi connectivity index (χ0v) is 18.4. The highest BCUT2D eigenvalue weighted by atomic mass is 16.5. The molecular weight excluding hydrogens is 404 g/mol. The summed E-state index contributed by atoms with van der Waals surface area (Å²) in [4.78, 5) is 24.6. The van der Waals surface area contributed by atoms with Gasteiger partial charge in [-0.15, -0.1) is 0 Å². The second kappa shape index (κ2) is 7.74. The van der Waals surface area contributed by atoms with Crippen molar-refractivity contribution < 1.29 is 14.6 Å². The van der Waals surface area contributed by atoms with Crippen molar-refractivity contribution in [3.8, 4) is 28.4 Å². The number of H-pyrrole nitrogens is 1. The first kappa shape index (κ1) is 20.7. The van der Waals surface area contributed by atoms with E-state index >= 15 is 0 Å². The van der Waals surface area contributed by atoms with E-state index in [4.69, 9.17) is 10.5 Å². The van der Waals surface area contributed by atoms with Gasteiger partial charge in [-0.2, -0.15) is 0 Å². The minimum Gasteiger partial charge on any atom is -0.478 e. The number of carbonyl (C=O) groups is 1. The summed E-state index contributed by atoms with van der Waals surface area (Å²) in [5.74, 6) is -0.307. The second-order valence-electron chi connectivity index (χ2n) is 9.31. The molecule has 166 valence electrons. The van der Waals surface area contributed by atoms with Gasteiger partial charge in [0.05, 0.1) is 23.1 Å². The molecule has 0 bridgehead atoms. The summed E-state index contributed by atoms with van der Waals surface area (Å²) in [6.45, 7) is 3.93. The highest BCUT2D eigenvalue weighted by Crippen LogP contribution is 2.40. The van der Waals surface area contributed by atoms with Crippen LogP contribution in [0, 0.1) is 0 Å². The highest BCUT2D eigenvalue weighted by molar-refractivity contribution is 5.94. The van der Waals surface area contributed by atoms with Crippen LogP contribution in [0.4, 0.5) is 0 Å². The summed E-state index contributed by atoms with van der Waals surface area (Å²) in [6, 6.07) is 5.82. The fraction of sp³-hybridized carbons (Fsp3) is 0.400. The number of aryl methyl sites for hydroxylation is 1. The molecule has 0 spiro atoms. The maximum atomic E-state index is 12.2. The molecular formula is C25H28N4O3. The van der Waals surface area contributed by atoms with Gasteiger partial charge in [-0.25, -0.2) is 9.78 Å². The molecule has 2 aliphatic carbocycles. The summed E-state index contributed by atoms with van der Waals surface area (Å²) < 4.78 is 5.63. The van der Waals surface area contributed by atoms with E-state index in [1.807, 2.05) is 38.2 Å². The van der Waals surface area contributed by atoms with Crippen molar-refractivity contribution in [1.82, 2.24) is 15.0 Å². The van der Waals surface area contributed by atoms with Crippen LogP contribution in [0.25, 0.3) is 22.5 Å². The van der Waals surface area contributed by atoms with Gasteiger partial charge in [-0.3, -0.25) is 4.98 Å². The molecule has 4 N–H and O–H groups in total. The number of hydrogen-bond donors (Lipinski definition) is 3. The van der Waals surface area contributed by atoms with E-state index in [0.717, 1.165) is 65.0 Å². The first-order valence-corrected chi connectivity index (χ1v) is 11.2. The Bertz CT molecular complexity index is 1180. The molecule has 3 aromatic heterocycles. The molecule has 0 unspecified atom stereocenters. The van der Waals surface area contributed by atoms with Crippen molar-refractivity contribution in [1.29, 1.82) is 0 Å². The Hall–Kier alpha value is -3.19. The van der Waals surface area contributed by atoms with Crippen LogP contribution in [0.3, 0.4) is 0 Å². The quantitative estimate of drug-likeness (QED) is 0.539. The number of rotatable bonds is 6. The van der Waals surface area contributed by atoms with Gasteiger partial charge in [0.2, 0.25) is 5.88 Å². The van der Waals surface area contributed by atoms with E-state index in [-0.39, 0.29) is 11.6 Å². The second-order valence-corrected chi connectivity index (χ2v) is 9.31. The van der Waals surface area contributed by atoms with Crippen molar-refractivity contribution in [3.05, 3.63) is 53.0 Å². The first-order valence-electron chi connectivity index (χ1n) is 11.2. The van der Waals surface area contributed by atoms with Crippen LogP contribution in [0.5, 0.6) is 5.88 Å². The lowest BCUT2D eigenvalue weighted by Crippen LogP contribution is -2.48. The Kier molecular flexibility index (Phi) is 5.01. The lowest BCUT2D eigenvalue weighted by Gasteiger charge is -2.38. The lowest BCUT2D eigenvalue weighted by molar-refractivity contribution is 0.0694. The number of pyridine rings is 2. The molecule has 7 heteroatoms. The molecule has 2 aliphatic rings. The fourth-order valence-corrected chi connectivity index (χ4v) is 4.80. The number of carboxylic acids is 1.